The number of halogens is 1. The number of nitrogens with zero attached hydrogens (tertiary/aromatic N) is 5. The maximum atomic E-state index is 13.7. The van der Waals surface area contributed by atoms with Crippen molar-refractivity contribution in [2.45, 2.75) is 26.8 Å². The molecule has 0 saturated carbocycles. The summed E-state index contributed by atoms with van der Waals surface area (Å²) in [6, 6.07) is 10.1. The van der Waals surface area contributed by atoms with Crippen LogP contribution in [0.1, 0.15) is 25.0 Å². The summed E-state index contributed by atoms with van der Waals surface area (Å²) in [7, 11) is 0. The monoisotopic (exact) mass is 523 g/mol. The van der Waals surface area contributed by atoms with Crippen LogP contribution in [0.5, 0.6) is 0 Å². The third-order valence-electron chi connectivity index (χ3n) is 6.45. The van der Waals surface area contributed by atoms with E-state index in [1.54, 1.807) is 29.3 Å². The Labute approximate surface area is 218 Å². The van der Waals surface area contributed by atoms with Crippen LogP contribution in [0.2, 0.25) is 0 Å². The molecule has 0 radical (unpaired) electrons. The van der Waals surface area contributed by atoms with Gasteiger partial charge >= 0.3 is 0 Å². The van der Waals surface area contributed by atoms with Crippen LogP contribution in [0, 0.1) is 12.7 Å². The van der Waals surface area contributed by atoms with Gasteiger partial charge in [-0.3, -0.25) is 18.9 Å². The molecule has 36 heavy (non-hydrogen) atoms. The van der Waals surface area contributed by atoms with Gasteiger partial charge in [-0.25, -0.2) is 9.37 Å². The molecule has 4 heterocycles. The van der Waals surface area contributed by atoms with Crippen molar-refractivity contribution in [3.8, 4) is 0 Å². The number of fused-ring (bicyclic) bond motifs is 1. The van der Waals surface area contributed by atoms with E-state index in [0.717, 1.165) is 11.3 Å². The fourth-order valence-electron chi connectivity index (χ4n) is 4.55. The summed E-state index contributed by atoms with van der Waals surface area (Å²) in [6.07, 6.45) is 3.35. The minimum atomic E-state index is -0.263. The highest BCUT2D eigenvalue weighted by Crippen LogP contribution is 2.35. The van der Waals surface area contributed by atoms with Crippen LogP contribution in [0.4, 0.5) is 15.9 Å². The third kappa shape index (κ3) is 4.39. The van der Waals surface area contributed by atoms with Crippen molar-refractivity contribution in [2.24, 2.45) is 0 Å². The van der Waals surface area contributed by atoms with Crippen LogP contribution in [0.3, 0.4) is 0 Å². The van der Waals surface area contributed by atoms with Gasteiger partial charge in [0.1, 0.15) is 21.6 Å². The van der Waals surface area contributed by atoms with Gasteiger partial charge in [-0.1, -0.05) is 30.0 Å². The van der Waals surface area contributed by atoms with Crippen LogP contribution in [0.25, 0.3) is 11.7 Å². The summed E-state index contributed by atoms with van der Waals surface area (Å²) in [6.45, 7) is 8.37. The predicted molar refractivity (Wildman–Crippen MR) is 147 cm³/mol. The molecule has 2 saturated heterocycles. The number of carbonyl (C=O) groups is 1. The Morgan fingerprint density at radius 3 is 2.36 bits per heavy atom. The number of carbonyl (C=O) groups excluding carboxylic acids is 1. The lowest BCUT2D eigenvalue weighted by atomic mass is 10.2. The summed E-state index contributed by atoms with van der Waals surface area (Å²) in [5, 5.41) is 0. The molecule has 1 aromatic carbocycles. The zero-order valence-electron chi connectivity index (χ0n) is 20.3. The normalized spacial score (nSPS) is 17.8. The quantitative estimate of drug-likeness (QED) is 0.377. The van der Waals surface area contributed by atoms with Gasteiger partial charge in [0.05, 0.1) is 10.5 Å². The number of benzene rings is 1. The Kier molecular flexibility index (Phi) is 6.57. The molecule has 2 aromatic heterocycles. The number of pyridine rings is 1. The lowest BCUT2D eigenvalue weighted by molar-refractivity contribution is -0.123. The van der Waals surface area contributed by atoms with Gasteiger partial charge in [-0.2, -0.15) is 0 Å². The first kappa shape index (κ1) is 24.5. The Bertz CT molecular complexity index is 1440. The number of rotatable bonds is 4. The Morgan fingerprint density at radius 2 is 1.72 bits per heavy atom. The van der Waals surface area contributed by atoms with Crippen molar-refractivity contribution < 1.29 is 9.18 Å². The molecule has 2 fully saturated rings. The largest absolute Gasteiger partial charge is 0.368 e. The maximum absolute atomic E-state index is 13.7. The van der Waals surface area contributed by atoms with Crippen molar-refractivity contribution in [3.05, 3.63) is 74.8 Å². The minimum absolute atomic E-state index is 0.0686. The Balaban J connectivity index is 1.55. The number of amides is 1. The second-order valence-electron chi connectivity index (χ2n) is 9.14. The molecule has 0 spiro atoms. The van der Waals surface area contributed by atoms with Crippen molar-refractivity contribution >= 4 is 57.4 Å². The molecular formula is C26H26FN5O2S2. The first-order valence-corrected chi connectivity index (χ1v) is 13.0. The number of thiocarbonyl (C=S) groups is 1. The minimum Gasteiger partial charge on any atom is -0.368 e. The summed E-state index contributed by atoms with van der Waals surface area (Å²) in [5.74, 6) is 0.102. The van der Waals surface area contributed by atoms with E-state index in [9.17, 15) is 14.0 Å². The SMILES string of the molecule is Cc1cccn2c(=O)c(C=C3SC(=S)N(C(C)C)C3=O)c(N3CCN(c4ccc(F)cc4)CC3)nc12. The maximum Gasteiger partial charge on any atom is 0.267 e. The highest BCUT2D eigenvalue weighted by Gasteiger charge is 2.34. The molecule has 2 aliphatic rings. The standard InChI is InChI=1S/C26H26FN5O2S2/c1-16(2)32-25(34)21(36-26(32)35)15-20-23(28-22-17(3)5-4-10-31(22)24(20)33)30-13-11-29(12-14-30)19-8-6-18(27)7-9-19/h4-10,15-16H,11-14H2,1-3H3. The molecule has 7 nitrogen and oxygen atoms in total. The average Bonchev–Trinajstić information content (AvgIpc) is 3.14. The molecular weight excluding hydrogens is 497 g/mol. The van der Waals surface area contributed by atoms with Gasteiger partial charge < -0.3 is 9.80 Å². The van der Waals surface area contributed by atoms with E-state index in [4.69, 9.17) is 17.2 Å². The van der Waals surface area contributed by atoms with Crippen molar-refractivity contribution in [1.82, 2.24) is 14.3 Å². The number of aryl methyl sites for hydroxylation is 1. The molecule has 0 bridgehead atoms. The number of hydrogen-bond acceptors (Lipinski definition) is 7. The van der Waals surface area contributed by atoms with E-state index < -0.39 is 0 Å². The van der Waals surface area contributed by atoms with E-state index in [1.165, 1.54) is 28.3 Å². The summed E-state index contributed by atoms with van der Waals surface area (Å²) in [5.41, 5.74) is 2.58. The summed E-state index contributed by atoms with van der Waals surface area (Å²) < 4.78 is 15.4. The zero-order valence-corrected chi connectivity index (χ0v) is 21.9. The van der Waals surface area contributed by atoms with E-state index in [0.29, 0.717) is 52.4 Å². The Hall–Kier alpha value is -3.24. The average molecular weight is 524 g/mol. The van der Waals surface area contributed by atoms with Gasteiger partial charge in [0.15, 0.2) is 0 Å². The Morgan fingerprint density at radius 1 is 1.06 bits per heavy atom. The fourth-order valence-corrected chi connectivity index (χ4v) is 6.06. The lowest BCUT2D eigenvalue weighted by Gasteiger charge is -2.37. The molecule has 0 atom stereocenters. The highest BCUT2D eigenvalue weighted by molar-refractivity contribution is 8.26. The number of hydrogen-bond donors (Lipinski definition) is 0. The van der Waals surface area contributed by atoms with E-state index in [-0.39, 0.29) is 23.3 Å². The number of piperazine rings is 1. The van der Waals surface area contributed by atoms with Crippen LogP contribution in [0.15, 0.2) is 52.3 Å². The lowest BCUT2D eigenvalue weighted by Crippen LogP contribution is -2.47. The van der Waals surface area contributed by atoms with Gasteiger partial charge in [0.2, 0.25) is 0 Å². The van der Waals surface area contributed by atoms with E-state index in [1.807, 2.05) is 32.9 Å². The van der Waals surface area contributed by atoms with Gasteiger partial charge in [-0.05, 0) is 62.7 Å². The topological polar surface area (TPSA) is 61.2 Å². The molecule has 186 valence electrons. The second-order valence-corrected chi connectivity index (χ2v) is 10.8. The van der Waals surface area contributed by atoms with Gasteiger partial charge in [0.25, 0.3) is 11.5 Å². The number of anilines is 2. The highest BCUT2D eigenvalue weighted by atomic mass is 32.2. The van der Waals surface area contributed by atoms with Crippen LogP contribution >= 0.6 is 24.0 Å². The first-order valence-electron chi connectivity index (χ1n) is 11.8. The zero-order chi connectivity index (χ0) is 25.6. The molecule has 5 rings (SSSR count). The number of thioether (sulfide) groups is 1. The molecule has 0 aliphatic carbocycles. The van der Waals surface area contributed by atoms with E-state index >= 15 is 0 Å². The number of aromatic nitrogens is 2. The van der Waals surface area contributed by atoms with Gasteiger partial charge in [0, 0.05) is 44.1 Å². The van der Waals surface area contributed by atoms with Crippen LogP contribution in [-0.4, -0.2) is 56.7 Å². The van der Waals surface area contributed by atoms with Gasteiger partial charge in [-0.15, -0.1) is 0 Å². The molecule has 10 heteroatoms. The molecule has 0 N–H and O–H groups in total. The molecule has 0 unspecified atom stereocenters. The van der Waals surface area contributed by atoms with Crippen molar-refractivity contribution in [3.63, 3.8) is 0 Å². The fraction of sp³-hybridized carbons (Fsp3) is 0.308. The summed E-state index contributed by atoms with van der Waals surface area (Å²) >= 11 is 6.64. The van der Waals surface area contributed by atoms with E-state index in [2.05, 4.69) is 9.80 Å². The third-order valence-corrected chi connectivity index (χ3v) is 7.78. The van der Waals surface area contributed by atoms with Crippen LogP contribution in [-0.2, 0) is 4.79 Å². The predicted octanol–water partition coefficient (Wildman–Crippen LogP) is 4.08. The van der Waals surface area contributed by atoms with Crippen molar-refractivity contribution in [2.75, 3.05) is 36.0 Å². The second kappa shape index (κ2) is 9.67. The van der Waals surface area contributed by atoms with Crippen molar-refractivity contribution in [1.29, 1.82) is 0 Å². The first-order chi connectivity index (χ1) is 17.2. The smallest absolute Gasteiger partial charge is 0.267 e. The molecule has 2 aliphatic heterocycles. The molecule has 1 amide bonds. The summed E-state index contributed by atoms with van der Waals surface area (Å²) in [4.78, 5) is 37.9. The van der Waals surface area contributed by atoms with Crippen LogP contribution < -0.4 is 15.4 Å². The molecule has 3 aromatic rings.